The van der Waals surface area contributed by atoms with Crippen LogP contribution >= 0.6 is 0 Å². The molecule has 1 aromatic carbocycles. The third kappa shape index (κ3) is 3.35. The molecule has 1 rings (SSSR count). The number of hydrogen-bond acceptors (Lipinski definition) is 3. The van der Waals surface area contributed by atoms with E-state index in [2.05, 4.69) is 11.8 Å². The van der Waals surface area contributed by atoms with Crippen LogP contribution in [0.1, 0.15) is 32.7 Å². The van der Waals surface area contributed by atoms with Crippen molar-refractivity contribution in [2.24, 2.45) is 5.73 Å². The highest BCUT2D eigenvalue weighted by Crippen LogP contribution is 2.11. The van der Waals surface area contributed by atoms with Crippen LogP contribution in [-0.4, -0.2) is 28.1 Å². The first kappa shape index (κ1) is 13.3. The van der Waals surface area contributed by atoms with Gasteiger partial charge in [-0.3, -0.25) is 4.79 Å². The third-order valence-electron chi connectivity index (χ3n) is 1.98. The lowest BCUT2D eigenvalue weighted by Gasteiger charge is -2.00. The van der Waals surface area contributed by atoms with Crippen LogP contribution in [-0.2, 0) is 4.79 Å². The van der Waals surface area contributed by atoms with E-state index in [4.69, 9.17) is 15.9 Å². The minimum absolute atomic E-state index is 0.0312. The molecule has 1 aromatic rings. The number of rotatable bonds is 3. The molecule has 0 spiro atoms. The van der Waals surface area contributed by atoms with E-state index in [1.807, 2.05) is 0 Å². The number of carboxylic acid groups (broad SMARTS) is 2. The van der Waals surface area contributed by atoms with Gasteiger partial charge in [0, 0.05) is 5.56 Å². The van der Waals surface area contributed by atoms with Gasteiger partial charge in [0.15, 0.2) is 0 Å². The van der Waals surface area contributed by atoms with Crippen LogP contribution in [0.5, 0.6) is 0 Å². The maximum Gasteiger partial charge on any atom is 0.336 e. The van der Waals surface area contributed by atoms with Crippen LogP contribution in [0.4, 0.5) is 0 Å². The smallest absolute Gasteiger partial charge is 0.336 e. The minimum atomic E-state index is -1.23. The molecule has 0 saturated heterocycles. The molecule has 0 bridgehead atoms. The molecule has 1 amide bonds. The Bertz CT molecular complexity index is 580. The molecule has 0 aromatic heterocycles. The highest BCUT2D eigenvalue weighted by Gasteiger charge is 2.11. The van der Waals surface area contributed by atoms with Crippen molar-refractivity contribution in [2.75, 3.05) is 0 Å². The Balaban J connectivity index is 3.22. The molecule has 18 heavy (non-hydrogen) atoms. The normalized spacial score (nSPS) is 9.11. The van der Waals surface area contributed by atoms with Crippen LogP contribution in [0.2, 0.25) is 0 Å². The highest BCUT2D eigenvalue weighted by molar-refractivity contribution is 5.94. The number of aromatic carboxylic acids is 2. The van der Waals surface area contributed by atoms with Crippen molar-refractivity contribution in [1.29, 1.82) is 0 Å². The summed E-state index contributed by atoms with van der Waals surface area (Å²) in [7, 11) is 0. The Kier molecular flexibility index (Phi) is 4.05. The number of hydrogen-bond donors (Lipinski definition) is 3. The number of carboxylic acids is 2. The molecule has 92 valence electrons. The van der Waals surface area contributed by atoms with E-state index in [-0.39, 0.29) is 23.1 Å². The van der Waals surface area contributed by atoms with Gasteiger partial charge < -0.3 is 15.9 Å². The van der Waals surface area contributed by atoms with Gasteiger partial charge in [-0.25, -0.2) is 9.59 Å². The summed E-state index contributed by atoms with van der Waals surface area (Å²) in [6.07, 6.45) is -0.226. The first-order valence-electron chi connectivity index (χ1n) is 4.79. The summed E-state index contributed by atoms with van der Waals surface area (Å²) in [4.78, 5) is 32.1. The maximum absolute atomic E-state index is 10.9. The van der Waals surface area contributed by atoms with E-state index >= 15 is 0 Å². The maximum atomic E-state index is 10.9. The molecule has 4 N–H and O–H groups in total. The first-order valence-corrected chi connectivity index (χ1v) is 4.79. The molecule has 0 heterocycles. The summed E-state index contributed by atoms with van der Waals surface area (Å²) in [5, 5.41) is 17.7. The second kappa shape index (κ2) is 5.50. The largest absolute Gasteiger partial charge is 0.478 e. The second-order valence-corrected chi connectivity index (χ2v) is 3.32. The number of primary amides is 1. The fourth-order valence-corrected chi connectivity index (χ4v) is 1.19. The summed E-state index contributed by atoms with van der Waals surface area (Å²) in [6, 6.07) is 3.46. The zero-order valence-corrected chi connectivity index (χ0v) is 9.14. The Morgan fingerprint density at radius 1 is 1.17 bits per heavy atom. The fraction of sp³-hybridized carbons (Fsp3) is 0.0833. The monoisotopic (exact) mass is 247 g/mol. The predicted molar refractivity (Wildman–Crippen MR) is 61.1 cm³/mol. The summed E-state index contributed by atoms with van der Waals surface area (Å²) in [5.41, 5.74) is 4.70. The highest BCUT2D eigenvalue weighted by atomic mass is 16.4. The van der Waals surface area contributed by atoms with Crippen LogP contribution in [0.15, 0.2) is 18.2 Å². The van der Waals surface area contributed by atoms with E-state index in [0.717, 1.165) is 12.1 Å². The molecule has 0 unspecified atom stereocenters. The number of amides is 1. The van der Waals surface area contributed by atoms with E-state index in [0.29, 0.717) is 0 Å². The average Bonchev–Trinajstić information content (AvgIpc) is 2.27. The molecule has 0 aliphatic rings. The SMILES string of the molecule is NC(=O)CC#Cc1cc(C(=O)O)ccc1C(=O)O. The van der Waals surface area contributed by atoms with E-state index < -0.39 is 17.8 Å². The third-order valence-corrected chi connectivity index (χ3v) is 1.98. The molecule has 0 atom stereocenters. The van der Waals surface area contributed by atoms with Gasteiger partial charge in [0.25, 0.3) is 0 Å². The quantitative estimate of drug-likeness (QED) is 0.664. The molecule has 0 aliphatic carbocycles. The van der Waals surface area contributed by atoms with Crippen LogP contribution in [0, 0.1) is 11.8 Å². The lowest BCUT2D eigenvalue weighted by molar-refractivity contribution is -0.117. The average molecular weight is 247 g/mol. The second-order valence-electron chi connectivity index (χ2n) is 3.32. The number of carbonyl (C=O) groups excluding carboxylic acids is 1. The fourth-order valence-electron chi connectivity index (χ4n) is 1.19. The van der Waals surface area contributed by atoms with Crippen molar-refractivity contribution in [3.8, 4) is 11.8 Å². The summed E-state index contributed by atoms with van der Waals surface area (Å²) in [6.45, 7) is 0. The summed E-state index contributed by atoms with van der Waals surface area (Å²) < 4.78 is 0. The standard InChI is InChI=1S/C12H9NO5/c13-10(14)3-1-2-7-6-8(11(15)16)4-5-9(7)12(17)18/h4-6H,3H2,(H2,13,14)(H,15,16)(H,17,18). The van der Waals surface area contributed by atoms with Crippen LogP contribution in [0.25, 0.3) is 0 Å². The van der Waals surface area contributed by atoms with Gasteiger partial charge in [-0.1, -0.05) is 11.8 Å². The number of nitrogens with two attached hydrogens (primary N) is 1. The minimum Gasteiger partial charge on any atom is -0.478 e. The van der Waals surface area contributed by atoms with Gasteiger partial charge in [-0.15, -0.1) is 0 Å². The molecular weight excluding hydrogens is 238 g/mol. The van der Waals surface area contributed by atoms with E-state index in [1.54, 1.807) is 0 Å². The summed E-state index contributed by atoms with van der Waals surface area (Å²) in [5.74, 6) is 1.75. The van der Waals surface area contributed by atoms with E-state index in [9.17, 15) is 14.4 Å². The zero-order chi connectivity index (χ0) is 13.7. The molecule has 0 fully saturated rings. The van der Waals surface area contributed by atoms with Gasteiger partial charge in [-0.05, 0) is 18.2 Å². The molecule has 0 aliphatic heterocycles. The Hall–Kier alpha value is -2.81. The van der Waals surface area contributed by atoms with Crippen LogP contribution < -0.4 is 5.73 Å². The molecule has 0 saturated carbocycles. The predicted octanol–water partition coefficient (Wildman–Crippen LogP) is 0.310. The lowest BCUT2D eigenvalue weighted by atomic mass is 10.0. The lowest BCUT2D eigenvalue weighted by Crippen LogP contribution is -2.08. The molecule has 6 heteroatoms. The van der Waals surface area contributed by atoms with Gasteiger partial charge in [-0.2, -0.15) is 0 Å². The number of carbonyl (C=O) groups is 3. The molecule has 6 nitrogen and oxygen atoms in total. The molecule has 0 radical (unpaired) electrons. The van der Waals surface area contributed by atoms with Crippen LogP contribution in [0.3, 0.4) is 0 Å². The topological polar surface area (TPSA) is 118 Å². The van der Waals surface area contributed by atoms with Crippen molar-refractivity contribution >= 4 is 17.8 Å². The van der Waals surface area contributed by atoms with Crippen molar-refractivity contribution in [3.63, 3.8) is 0 Å². The van der Waals surface area contributed by atoms with Gasteiger partial charge in [0.05, 0.1) is 17.5 Å². The summed E-state index contributed by atoms with van der Waals surface area (Å²) >= 11 is 0. The van der Waals surface area contributed by atoms with Gasteiger partial charge in [0.1, 0.15) is 0 Å². The first-order chi connectivity index (χ1) is 8.41. The molecular formula is C12H9NO5. The van der Waals surface area contributed by atoms with E-state index in [1.165, 1.54) is 6.07 Å². The van der Waals surface area contributed by atoms with Crippen molar-refractivity contribution in [2.45, 2.75) is 6.42 Å². The Morgan fingerprint density at radius 2 is 1.83 bits per heavy atom. The Morgan fingerprint density at radius 3 is 2.33 bits per heavy atom. The van der Waals surface area contributed by atoms with Crippen molar-refractivity contribution in [1.82, 2.24) is 0 Å². The van der Waals surface area contributed by atoms with Crippen molar-refractivity contribution < 1.29 is 24.6 Å². The van der Waals surface area contributed by atoms with Crippen molar-refractivity contribution in [3.05, 3.63) is 34.9 Å². The van der Waals surface area contributed by atoms with Gasteiger partial charge in [0.2, 0.25) is 5.91 Å². The number of benzene rings is 1. The zero-order valence-electron chi connectivity index (χ0n) is 9.14. The van der Waals surface area contributed by atoms with Gasteiger partial charge >= 0.3 is 11.9 Å². The Labute approximate surface area is 102 Å².